The number of nitrogens with one attached hydrogen (secondary N) is 1. The molecule has 0 aliphatic heterocycles. The number of benzene rings is 2. The van der Waals surface area contributed by atoms with Gasteiger partial charge in [-0.1, -0.05) is 30.7 Å². The summed E-state index contributed by atoms with van der Waals surface area (Å²) in [5.41, 5.74) is 8.34. The van der Waals surface area contributed by atoms with Gasteiger partial charge < -0.3 is 11.1 Å². The minimum absolute atomic E-state index is 0.0591. The van der Waals surface area contributed by atoms with Crippen LogP contribution in [0.3, 0.4) is 0 Å². The van der Waals surface area contributed by atoms with E-state index in [-0.39, 0.29) is 18.1 Å². The van der Waals surface area contributed by atoms with E-state index >= 15 is 0 Å². The van der Waals surface area contributed by atoms with Crippen LogP contribution in [-0.2, 0) is 6.54 Å². The zero-order chi connectivity index (χ0) is 29.4. The summed E-state index contributed by atoms with van der Waals surface area (Å²) in [5, 5.41) is 20.0. The zero-order valence-electron chi connectivity index (χ0n) is 23.1. The van der Waals surface area contributed by atoms with Crippen LogP contribution in [-0.4, -0.2) is 21.2 Å². The zero-order valence-corrected chi connectivity index (χ0v) is 23.1. The summed E-state index contributed by atoms with van der Waals surface area (Å²) in [6.07, 6.45) is 6.22. The smallest absolute Gasteiger partial charge is 0.359 e. The van der Waals surface area contributed by atoms with Gasteiger partial charge in [-0.25, -0.2) is 18.5 Å². The summed E-state index contributed by atoms with van der Waals surface area (Å²) >= 11 is 0. The van der Waals surface area contributed by atoms with Crippen LogP contribution < -0.4 is 22.4 Å². The number of nitrogens with zero attached hydrogens (tertiary/aromatic N) is 6. The Bertz CT molecular complexity index is 1700. The van der Waals surface area contributed by atoms with Crippen LogP contribution in [0.15, 0.2) is 85.6 Å². The number of nitriles is 1. The van der Waals surface area contributed by atoms with Gasteiger partial charge in [0.15, 0.2) is 0 Å². The molecule has 0 fully saturated rings. The molecule has 11 heteroatoms. The van der Waals surface area contributed by atoms with E-state index in [2.05, 4.69) is 20.5 Å². The quantitative estimate of drug-likeness (QED) is 0.203. The molecule has 0 atom stereocenters. The lowest BCUT2D eigenvalue weighted by Crippen LogP contribution is -2.42. The van der Waals surface area contributed by atoms with Crippen LogP contribution in [0.25, 0.3) is 5.70 Å². The molecule has 2 aromatic carbocycles. The van der Waals surface area contributed by atoms with Crippen molar-refractivity contribution in [1.82, 2.24) is 14.1 Å². The number of allylic oxidation sites excluding steroid dienone is 6. The van der Waals surface area contributed by atoms with E-state index < -0.39 is 17.2 Å². The molecule has 0 unspecified atom stereocenters. The lowest BCUT2D eigenvalue weighted by Gasteiger charge is -2.17. The molecule has 3 rings (SSSR count). The number of rotatable bonds is 9. The first-order valence-electron chi connectivity index (χ1n) is 12.5. The van der Waals surface area contributed by atoms with Crippen LogP contribution in [0.2, 0.25) is 0 Å². The Balaban J connectivity index is 2.23. The normalized spacial score (nSPS) is 12.6. The van der Waals surface area contributed by atoms with Gasteiger partial charge in [0.1, 0.15) is 17.6 Å². The first-order chi connectivity index (χ1) is 19.1. The lowest BCUT2D eigenvalue weighted by atomic mass is 10.1. The van der Waals surface area contributed by atoms with Gasteiger partial charge in [0.25, 0.3) is 0 Å². The van der Waals surface area contributed by atoms with Gasteiger partial charge in [-0.3, -0.25) is 4.57 Å². The molecule has 0 spiro atoms. The van der Waals surface area contributed by atoms with Crippen molar-refractivity contribution in [2.45, 2.75) is 40.7 Å². The van der Waals surface area contributed by atoms with E-state index in [1.807, 2.05) is 26.8 Å². The SMILES string of the molecule is C\C=C(/C=C(C)\C=C(/C)CC)n1c(=O)nc(Nc2ccc(N)c(N=NC)c2)n(Cc2ccc(F)c(C#N)c2)c1=O. The van der Waals surface area contributed by atoms with Crippen LogP contribution in [0, 0.1) is 17.1 Å². The van der Waals surface area contributed by atoms with E-state index in [1.54, 1.807) is 43.3 Å². The number of hydrogen-bond donors (Lipinski definition) is 2. The first kappa shape index (κ1) is 29.4. The van der Waals surface area contributed by atoms with Gasteiger partial charge >= 0.3 is 11.4 Å². The van der Waals surface area contributed by atoms with Crippen LogP contribution in [0.4, 0.5) is 27.4 Å². The fraction of sp³-hybridized carbons (Fsp3) is 0.241. The van der Waals surface area contributed by atoms with Crippen molar-refractivity contribution in [2.75, 3.05) is 18.1 Å². The predicted octanol–water partition coefficient (Wildman–Crippen LogP) is 5.67. The van der Waals surface area contributed by atoms with Crippen LogP contribution >= 0.6 is 0 Å². The maximum atomic E-state index is 14.0. The molecule has 0 saturated carbocycles. The summed E-state index contributed by atoms with van der Waals surface area (Å²) in [6, 6.07) is 10.6. The van der Waals surface area contributed by atoms with Crippen molar-refractivity contribution in [1.29, 1.82) is 5.26 Å². The Morgan fingerprint density at radius 1 is 1.20 bits per heavy atom. The number of azo groups is 1. The van der Waals surface area contributed by atoms with E-state index in [0.717, 1.165) is 28.2 Å². The number of aromatic nitrogens is 3. The first-order valence-corrected chi connectivity index (χ1v) is 12.5. The molecule has 0 saturated heterocycles. The second kappa shape index (κ2) is 13.1. The maximum absolute atomic E-state index is 14.0. The average Bonchev–Trinajstić information content (AvgIpc) is 2.92. The molecule has 3 aromatic rings. The fourth-order valence-corrected chi connectivity index (χ4v) is 3.88. The summed E-state index contributed by atoms with van der Waals surface area (Å²) in [4.78, 5) is 31.3. The average molecular weight is 543 g/mol. The fourth-order valence-electron chi connectivity index (χ4n) is 3.88. The minimum atomic E-state index is -0.794. The van der Waals surface area contributed by atoms with Crippen molar-refractivity contribution in [3.63, 3.8) is 0 Å². The maximum Gasteiger partial charge on any atom is 0.359 e. The van der Waals surface area contributed by atoms with E-state index in [4.69, 9.17) is 5.73 Å². The Kier molecular flexibility index (Phi) is 9.65. The molecule has 0 aliphatic rings. The lowest BCUT2D eigenvalue weighted by molar-refractivity contribution is 0.620. The molecule has 0 bridgehead atoms. The molecule has 0 aliphatic carbocycles. The molecule has 1 aromatic heterocycles. The van der Waals surface area contributed by atoms with Crippen LogP contribution in [0.1, 0.15) is 45.2 Å². The third kappa shape index (κ3) is 6.85. The van der Waals surface area contributed by atoms with Crippen molar-refractivity contribution in [3.8, 4) is 6.07 Å². The highest BCUT2D eigenvalue weighted by Gasteiger charge is 2.17. The number of nitrogen functional groups attached to an aromatic ring is 1. The molecular formula is C29H31FN8O2. The number of anilines is 3. The van der Waals surface area contributed by atoms with Crippen molar-refractivity contribution in [3.05, 3.63) is 104 Å². The second-order valence-electron chi connectivity index (χ2n) is 8.99. The highest BCUT2D eigenvalue weighted by molar-refractivity contribution is 5.70. The van der Waals surface area contributed by atoms with Gasteiger partial charge in [0.05, 0.1) is 23.5 Å². The molecule has 40 heavy (non-hydrogen) atoms. The summed E-state index contributed by atoms with van der Waals surface area (Å²) in [5.74, 6) is -0.733. The topological polar surface area (TPSA) is 143 Å². The van der Waals surface area contributed by atoms with Gasteiger partial charge in [-0.15, -0.1) is 0 Å². The molecule has 206 valence electrons. The molecule has 0 amide bonds. The highest BCUT2D eigenvalue weighted by atomic mass is 19.1. The Morgan fingerprint density at radius 3 is 2.60 bits per heavy atom. The minimum Gasteiger partial charge on any atom is -0.397 e. The van der Waals surface area contributed by atoms with Crippen molar-refractivity contribution < 1.29 is 4.39 Å². The Hall–Kier alpha value is -5.11. The van der Waals surface area contributed by atoms with Crippen molar-refractivity contribution in [2.24, 2.45) is 10.2 Å². The Morgan fingerprint density at radius 2 is 1.95 bits per heavy atom. The van der Waals surface area contributed by atoms with Gasteiger partial charge in [-0.05, 0) is 74.7 Å². The van der Waals surface area contributed by atoms with Gasteiger partial charge in [-0.2, -0.15) is 20.5 Å². The van der Waals surface area contributed by atoms with E-state index in [9.17, 15) is 19.2 Å². The molecular weight excluding hydrogens is 511 g/mol. The molecule has 0 radical (unpaired) electrons. The predicted molar refractivity (Wildman–Crippen MR) is 155 cm³/mol. The monoisotopic (exact) mass is 542 g/mol. The van der Waals surface area contributed by atoms with Gasteiger partial charge in [0, 0.05) is 12.7 Å². The van der Waals surface area contributed by atoms with Crippen molar-refractivity contribution >= 4 is 28.7 Å². The number of hydrogen-bond acceptors (Lipinski definition) is 8. The summed E-state index contributed by atoms with van der Waals surface area (Å²) in [6.45, 7) is 7.53. The largest absolute Gasteiger partial charge is 0.397 e. The summed E-state index contributed by atoms with van der Waals surface area (Å²) < 4.78 is 16.2. The third-order valence-electron chi connectivity index (χ3n) is 6.02. The van der Waals surface area contributed by atoms with E-state index in [1.165, 1.54) is 23.7 Å². The standard InChI is InChI=1S/C29H31FN8O2/c1-6-18(3)12-19(4)13-23(7-2)38-28(39)35-27(34-22-9-11-25(32)26(15-22)36-33-5)37(29(38)40)17-20-8-10-24(30)21(14-20)16-31/h7-15H,6,17,32H2,1-5H3,(H,34,35,39)/b18-12+,19-13-,23-7+,36-33?. The number of nitrogens with two attached hydrogens (primary N) is 1. The summed E-state index contributed by atoms with van der Waals surface area (Å²) in [7, 11) is 1.50. The second-order valence-corrected chi connectivity index (χ2v) is 8.99. The molecule has 10 nitrogen and oxygen atoms in total. The highest BCUT2D eigenvalue weighted by Crippen LogP contribution is 2.27. The molecule has 3 N–H and O–H groups in total. The van der Waals surface area contributed by atoms with Crippen LogP contribution in [0.5, 0.6) is 0 Å². The third-order valence-corrected chi connectivity index (χ3v) is 6.02. The van der Waals surface area contributed by atoms with E-state index in [0.29, 0.717) is 28.3 Å². The number of halogens is 1. The Labute approximate surface area is 231 Å². The molecule has 1 heterocycles. The van der Waals surface area contributed by atoms with Gasteiger partial charge in [0.2, 0.25) is 5.95 Å².